The number of carbonyl (C=O) groups excluding carboxylic acids is 1. The molecular weight excluding hydrogens is 400 g/mol. The zero-order valence-electron chi connectivity index (χ0n) is 20.2. The van der Waals surface area contributed by atoms with Gasteiger partial charge in [0.15, 0.2) is 0 Å². The molecule has 0 saturated heterocycles. The molecule has 0 aliphatic carbocycles. The summed E-state index contributed by atoms with van der Waals surface area (Å²) in [5.41, 5.74) is 0.132. The first-order valence-electron chi connectivity index (χ1n) is 12.7. The van der Waals surface area contributed by atoms with E-state index >= 15 is 0 Å². The predicted octanol–water partition coefficient (Wildman–Crippen LogP) is 8.36. The molecule has 1 N–H and O–H groups in total. The molecule has 1 unspecified atom stereocenters. The highest BCUT2D eigenvalue weighted by Crippen LogP contribution is 2.19. The molecule has 0 aromatic heterocycles. The summed E-state index contributed by atoms with van der Waals surface area (Å²) in [6.07, 6.45) is 20.5. The van der Waals surface area contributed by atoms with E-state index in [9.17, 15) is 14.7 Å². The monoisotopic (exact) mass is 444 g/mol. The number of unbranched alkanes of at least 4 members (excludes halogenated alkanes) is 12. The lowest BCUT2D eigenvalue weighted by Crippen LogP contribution is -2.20. The highest BCUT2D eigenvalue weighted by Gasteiger charge is 2.20. The van der Waals surface area contributed by atoms with Gasteiger partial charge in [0, 0.05) is 0 Å². The van der Waals surface area contributed by atoms with E-state index in [1.807, 2.05) is 6.08 Å². The molecule has 0 fully saturated rings. The van der Waals surface area contributed by atoms with Crippen molar-refractivity contribution < 1.29 is 19.4 Å². The van der Waals surface area contributed by atoms with Gasteiger partial charge in [0.25, 0.3) is 0 Å². The van der Waals surface area contributed by atoms with Gasteiger partial charge in [0.2, 0.25) is 0 Å². The van der Waals surface area contributed by atoms with Gasteiger partial charge in [-0.3, -0.25) is 0 Å². The zero-order chi connectivity index (χ0) is 23.4. The average molecular weight is 445 g/mol. The van der Waals surface area contributed by atoms with Crippen LogP contribution in [0.15, 0.2) is 36.9 Å². The van der Waals surface area contributed by atoms with Crippen LogP contribution in [0.4, 0.5) is 0 Å². The van der Waals surface area contributed by atoms with Gasteiger partial charge in [0.05, 0.1) is 11.1 Å². The molecule has 0 spiro atoms. The van der Waals surface area contributed by atoms with Gasteiger partial charge in [-0.1, -0.05) is 89.3 Å². The van der Waals surface area contributed by atoms with E-state index in [-0.39, 0.29) is 17.2 Å². The second kappa shape index (κ2) is 18.5. The van der Waals surface area contributed by atoms with Gasteiger partial charge in [-0.15, -0.1) is 6.58 Å². The molecule has 0 radical (unpaired) electrons. The summed E-state index contributed by atoms with van der Waals surface area (Å²) in [5.74, 6) is -1.63. The SMILES string of the molecule is C=CCCCCC(CCCCCCCCCCCCC)OC(=O)c1ccccc1C(=O)O. The Morgan fingerprint density at radius 1 is 0.844 bits per heavy atom. The lowest BCUT2D eigenvalue weighted by atomic mass is 10.0. The Balaban J connectivity index is 2.39. The third kappa shape index (κ3) is 12.7. The average Bonchev–Trinajstić information content (AvgIpc) is 2.79. The molecule has 180 valence electrons. The van der Waals surface area contributed by atoms with Crippen LogP contribution in [-0.4, -0.2) is 23.1 Å². The number of hydrogen-bond donors (Lipinski definition) is 1. The van der Waals surface area contributed by atoms with Crippen molar-refractivity contribution in [1.82, 2.24) is 0 Å². The zero-order valence-corrected chi connectivity index (χ0v) is 20.2. The number of hydrogen-bond acceptors (Lipinski definition) is 3. The lowest BCUT2D eigenvalue weighted by Gasteiger charge is -2.18. The van der Waals surface area contributed by atoms with Crippen molar-refractivity contribution in [3.05, 3.63) is 48.0 Å². The molecule has 0 heterocycles. The van der Waals surface area contributed by atoms with Crippen LogP contribution >= 0.6 is 0 Å². The van der Waals surface area contributed by atoms with E-state index in [0.29, 0.717) is 0 Å². The van der Waals surface area contributed by atoms with Crippen molar-refractivity contribution in [3.8, 4) is 0 Å². The van der Waals surface area contributed by atoms with E-state index in [4.69, 9.17) is 4.74 Å². The van der Waals surface area contributed by atoms with Crippen molar-refractivity contribution in [3.63, 3.8) is 0 Å². The van der Waals surface area contributed by atoms with E-state index in [1.165, 1.54) is 69.9 Å². The normalized spacial score (nSPS) is 11.8. The summed E-state index contributed by atoms with van der Waals surface area (Å²) < 4.78 is 5.77. The number of aromatic carboxylic acids is 1. The summed E-state index contributed by atoms with van der Waals surface area (Å²) in [6.45, 7) is 6.01. The van der Waals surface area contributed by atoms with Crippen LogP contribution in [0.25, 0.3) is 0 Å². The molecule has 1 aromatic carbocycles. The van der Waals surface area contributed by atoms with E-state index in [1.54, 1.807) is 12.1 Å². The van der Waals surface area contributed by atoms with Crippen LogP contribution in [-0.2, 0) is 4.74 Å². The Morgan fingerprint density at radius 3 is 1.88 bits per heavy atom. The Bertz CT molecular complexity index is 653. The first-order chi connectivity index (χ1) is 15.6. The molecule has 4 nitrogen and oxygen atoms in total. The number of rotatable bonds is 20. The fourth-order valence-corrected chi connectivity index (χ4v) is 4.02. The largest absolute Gasteiger partial charge is 0.478 e. The van der Waals surface area contributed by atoms with Crippen molar-refractivity contribution in [2.45, 2.75) is 116 Å². The van der Waals surface area contributed by atoms with Crippen LogP contribution in [0.3, 0.4) is 0 Å². The number of ether oxygens (including phenoxy) is 1. The van der Waals surface area contributed by atoms with Crippen LogP contribution in [0.5, 0.6) is 0 Å². The fourth-order valence-electron chi connectivity index (χ4n) is 4.02. The summed E-state index contributed by atoms with van der Waals surface area (Å²) in [5, 5.41) is 9.35. The first kappa shape index (κ1) is 27.9. The summed E-state index contributed by atoms with van der Waals surface area (Å²) in [6, 6.07) is 6.27. The lowest BCUT2D eigenvalue weighted by molar-refractivity contribution is 0.0244. The second-order valence-corrected chi connectivity index (χ2v) is 8.78. The summed E-state index contributed by atoms with van der Waals surface area (Å²) in [7, 11) is 0. The molecule has 1 atom stereocenters. The van der Waals surface area contributed by atoms with Gasteiger partial charge in [-0.25, -0.2) is 9.59 Å². The van der Waals surface area contributed by atoms with E-state index < -0.39 is 11.9 Å². The highest BCUT2D eigenvalue weighted by molar-refractivity contribution is 6.02. The van der Waals surface area contributed by atoms with Crippen molar-refractivity contribution in [2.75, 3.05) is 0 Å². The number of carboxylic acid groups (broad SMARTS) is 1. The van der Waals surface area contributed by atoms with Gasteiger partial charge >= 0.3 is 11.9 Å². The van der Waals surface area contributed by atoms with Crippen LogP contribution in [0.1, 0.15) is 130 Å². The Labute approximate surface area is 195 Å². The third-order valence-electron chi connectivity index (χ3n) is 5.97. The van der Waals surface area contributed by atoms with Crippen LogP contribution < -0.4 is 0 Å². The van der Waals surface area contributed by atoms with Crippen molar-refractivity contribution >= 4 is 11.9 Å². The van der Waals surface area contributed by atoms with Gasteiger partial charge in [-0.2, -0.15) is 0 Å². The predicted molar refractivity (Wildman–Crippen MR) is 132 cm³/mol. The van der Waals surface area contributed by atoms with Crippen LogP contribution in [0, 0.1) is 0 Å². The molecule has 4 heteroatoms. The van der Waals surface area contributed by atoms with Crippen molar-refractivity contribution in [2.24, 2.45) is 0 Å². The fraction of sp³-hybridized carbons (Fsp3) is 0.643. The Hall–Kier alpha value is -2.10. The van der Waals surface area contributed by atoms with Crippen LogP contribution in [0.2, 0.25) is 0 Å². The molecule has 32 heavy (non-hydrogen) atoms. The second-order valence-electron chi connectivity index (χ2n) is 8.78. The van der Waals surface area contributed by atoms with E-state index in [2.05, 4.69) is 13.5 Å². The molecule has 1 rings (SSSR count). The quantitative estimate of drug-likeness (QED) is 0.125. The van der Waals surface area contributed by atoms with Gasteiger partial charge in [0.1, 0.15) is 6.10 Å². The number of carbonyl (C=O) groups is 2. The number of esters is 1. The highest BCUT2D eigenvalue weighted by atomic mass is 16.5. The molecule has 0 bridgehead atoms. The molecular formula is C28H44O4. The first-order valence-corrected chi connectivity index (χ1v) is 12.7. The summed E-state index contributed by atoms with van der Waals surface area (Å²) >= 11 is 0. The molecule has 0 aliphatic heterocycles. The minimum Gasteiger partial charge on any atom is -0.478 e. The smallest absolute Gasteiger partial charge is 0.339 e. The maximum absolute atomic E-state index is 12.7. The summed E-state index contributed by atoms with van der Waals surface area (Å²) in [4.78, 5) is 24.1. The Kier molecular flexibility index (Phi) is 16.1. The minimum absolute atomic E-state index is 0.00222. The number of carboxylic acids is 1. The number of benzene rings is 1. The van der Waals surface area contributed by atoms with Crippen molar-refractivity contribution in [1.29, 1.82) is 0 Å². The Morgan fingerprint density at radius 2 is 1.34 bits per heavy atom. The van der Waals surface area contributed by atoms with Gasteiger partial charge < -0.3 is 9.84 Å². The topological polar surface area (TPSA) is 63.6 Å². The maximum Gasteiger partial charge on any atom is 0.339 e. The number of allylic oxidation sites excluding steroid dienone is 1. The third-order valence-corrected chi connectivity index (χ3v) is 5.97. The standard InChI is InChI=1S/C28H44O4/c1-3-5-7-9-10-11-12-13-14-15-17-21-24(20-16-8-6-4-2)32-28(31)26-23-19-18-22-25(26)27(29)30/h4,18-19,22-24H,2-3,5-17,20-21H2,1H3,(H,29,30). The molecule has 0 saturated carbocycles. The van der Waals surface area contributed by atoms with E-state index in [0.717, 1.165) is 44.9 Å². The van der Waals surface area contributed by atoms with Gasteiger partial charge in [-0.05, 0) is 50.7 Å². The maximum atomic E-state index is 12.7. The minimum atomic E-state index is -1.11. The molecule has 0 aliphatic rings. The molecule has 1 aromatic rings. The molecule has 0 amide bonds.